The Morgan fingerprint density at radius 1 is 1.14 bits per heavy atom. The number of hydrogen-bond acceptors (Lipinski definition) is 4. The molecular weight excluding hydrogens is 300 g/mol. The molecule has 3 nitrogen and oxygen atoms in total. The average Bonchev–Trinajstić information content (AvgIpc) is 2.57. The molecule has 1 aromatic carbocycles. The fourth-order valence-corrected chi connectivity index (χ4v) is 4.75. The van der Waals surface area contributed by atoms with Crippen LogP contribution in [0, 0.1) is 0 Å². The monoisotopic (exact) mass is 316 g/mol. The summed E-state index contributed by atoms with van der Waals surface area (Å²) in [5, 5.41) is 3.02. The maximum atomic E-state index is 12.4. The van der Waals surface area contributed by atoms with Crippen LogP contribution in [0.25, 0.3) is 11.1 Å². The molecule has 0 aliphatic carbocycles. The third-order valence-electron chi connectivity index (χ3n) is 3.24. The Morgan fingerprint density at radius 3 is 2.76 bits per heavy atom. The summed E-state index contributed by atoms with van der Waals surface area (Å²) in [7, 11) is 0. The van der Waals surface area contributed by atoms with Crippen molar-refractivity contribution >= 4 is 35.2 Å². The lowest BCUT2D eigenvalue weighted by Gasteiger charge is -2.20. The minimum absolute atomic E-state index is 0.0226. The Morgan fingerprint density at radius 2 is 2.00 bits per heavy atom. The zero-order chi connectivity index (χ0) is 14.5. The van der Waals surface area contributed by atoms with Crippen LogP contribution in [0.4, 0.5) is 5.82 Å². The highest BCUT2D eigenvalue weighted by Gasteiger charge is 2.23. The summed E-state index contributed by atoms with van der Waals surface area (Å²) in [6.45, 7) is 0. The van der Waals surface area contributed by atoms with Gasteiger partial charge in [0.15, 0.2) is 0 Å². The zero-order valence-corrected chi connectivity index (χ0v) is 13.1. The number of benzene rings is 1. The summed E-state index contributed by atoms with van der Waals surface area (Å²) in [6.07, 6.45) is 1.71. The maximum absolute atomic E-state index is 12.4. The molecule has 1 fully saturated rings. The second kappa shape index (κ2) is 7.00. The van der Waals surface area contributed by atoms with Crippen LogP contribution in [0.5, 0.6) is 0 Å². The predicted molar refractivity (Wildman–Crippen MR) is 91.9 cm³/mol. The van der Waals surface area contributed by atoms with E-state index >= 15 is 0 Å². The molecule has 0 saturated carbocycles. The van der Waals surface area contributed by atoms with Crippen molar-refractivity contribution in [3.8, 4) is 11.1 Å². The van der Waals surface area contributed by atoms with Crippen LogP contribution in [-0.4, -0.2) is 33.4 Å². The Balaban J connectivity index is 1.81. The van der Waals surface area contributed by atoms with Gasteiger partial charge in [0.25, 0.3) is 0 Å². The van der Waals surface area contributed by atoms with Crippen LogP contribution in [0.2, 0.25) is 0 Å². The van der Waals surface area contributed by atoms with Crippen LogP contribution in [-0.2, 0) is 4.79 Å². The van der Waals surface area contributed by atoms with Gasteiger partial charge < -0.3 is 5.32 Å². The van der Waals surface area contributed by atoms with Crippen molar-refractivity contribution in [2.24, 2.45) is 0 Å². The highest BCUT2D eigenvalue weighted by molar-refractivity contribution is 8.07. The number of thioether (sulfide) groups is 2. The lowest BCUT2D eigenvalue weighted by molar-refractivity contribution is -0.115. The van der Waals surface area contributed by atoms with E-state index in [0.29, 0.717) is 5.82 Å². The fourth-order valence-electron chi connectivity index (χ4n) is 2.19. The molecule has 1 aliphatic heterocycles. The molecule has 1 amide bonds. The first-order chi connectivity index (χ1) is 10.3. The van der Waals surface area contributed by atoms with Crippen LogP contribution >= 0.6 is 23.5 Å². The number of pyridine rings is 1. The minimum Gasteiger partial charge on any atom is -0.309 e. The zero-order valence-electron chi connectivity index (χ0n) is 11.5. The second-order valence-corrected chi connectivity index (χ2v) is 7.15. The molecule has 0 radical (unpaired) electrons. The molecule has 108 valence electrons. The molecule has 2 aromatic rings. The highest BCUT2D eigenvalue weighted by Crippen LogP contribution is 2.28. The molecule has 1 N–H and O–H groups in total. The van der Waals surface area contributed by atoms with E-state index < -0.39 is 0 Å². The van der Waals surface area contributed by atoms with E-state index in [9.17, 15) is 4.79 Å². The van der Waals surface area contributed by atoms with E-state index in [2.05, 4.69) is 10.3 Å². The molecule has 21 heavy (non-hydrogen) atoms. The molecule has 2 heterocycles. The number of aromatic nitrogens is 1. The largest absolute Gasteiger partial charge is 0.309 e. The summed E-state index contributed by atoms with van der Waals surface area (Å²) >= 11 is 3.57. The molecule has 1 aromatic heterocycles. The molecule has 0 spiro atoms. The van der Waals surface area contributed by atoms with Gasteiger partial charge in [0.2, 0.25) is 5.91 Å². The molecule has 5 heteroatoms. The maximum Gasteiger partial charge on any atom is 0.239 e. The Bertz CT molecular complexity index is 613. The third-order valence-corrected chi connectivity index (χ3v) is 6.00. The second-order valence-electron chi connectivity index (χ2n) is 4.69. The lowest BCUT2D eigenvalue weighted by atomic mass is 10.1. The van der Waals surface area contributed by atoms with Crippen molar-refractivity contribution < 1.29 is 4.79 Å². The molecule has 0 unspecified atom stereocenters. The van der Waals surface area contributed by atoms with Gasteiger partial charge in [-0.15, -0.1) is 11.8 Å². The Hall–Kier alpha value is -1.46. The van der Waals surface area contributed by atoms with E-state index in [1.165, 1.54) is 0 Å². The number of rotatable bonds is 3. The average molecular weight is 316 g/mol. The van der Waals surface area contributed by atoms with Crippen molar-refractivity contribution in [3.63, 3.8) is 0 Å². The number of nitrogens with one attached hydrogen (secondary N) is 1. The Kier molecular flexibility index (Phi) is 4.83. The minimum atomic E-state index is 0.0226. The quantitative estimate of drug-likeness (QED) is 0.940. The first-order valence-corrected chi connectivity index (χ1v) is 9.05. The van der Waals surface area contributed by atoms with Gasteiger partial charge in [0.05, 0.1) is 5.25 Å². The van der Waals surface area contributed by atoms with E-state index in [1.807, 2.05) is 54.2 Å². The van der Waals surface area contributed by atoms with Crippen molar-refractivity contribution in [3.05, 3.63) is 48.7 Å². The number of anilines is 1. The number of hydrogen-bond donors (Lipinski definition) is 1. The van der Waals surface area contributed by atoms with Gasteiger partial charge in [-0.05, 0) is 17.7 Å². The van der Waals surface area contributed by atoms with E-state index in [4.69, 9.17) is 0 Å². The van der Waals surface area contributed by atoms with Gasteiger partial charge in [-0.3, -0.25) is 4.79 Å². The molecule has 1 atom stereocenters. The van der Waals surface area contributed by atoms with E-state index in [-0.39, 0.29) is 11.2 Å². The van der Waals surface area contributed by atoms with Gasteiger partial charge in [-0.2, -0.15) is 11.8 Å². The van der Waals surface area contributed by atoms with Crippen LogP contribution < -0.4 is 5.32 Å². The summed E-state index contributed by atoms with van der Waals surface area (Å²) < 4.78 is 0. The van der Waals surface area contributed by atoms with Gasteiger partial charge >= 0.3 is 0 Å². The smallest absolute Gasteiger partial charge is 0.239 e. The summed E-state index contributed by atoms with van der Waals surface area (Å²) in [5.74, 6) is 3.75. The molecule has 1 aliphatic rings. The van der Waals surface area contributed by atoms with Crippen molar-refractivity contribution in [1.29, 1.82) is 0 Å². The topological polar surface area (TPSA) is 42.0 Å². The summed E-state index contributed by atoms with van der Waals surface area (Å²) in [4.78, 5) is 16.7. The molecule has 1 saturated heterocycles. The van der Waals surface area contributed by atoms with E-state index in [1.54, 1.807) is 18.0 Å². The lowest BCUT2D eigenvalue weighted by Crippen LogP contribution is -2.30. The first-order valence-electron chi connectivity index (χ1n) is 6.85. The van der Waals surface area contributed by atoms with Gasteiger partial charge in [0, 0.05) is 29.0 Å². The van der Waals surface area contributed by atoms with E-state index in [0.717, 1.165) is 28.4 Å². The van der Waals surface area contributed by atoms with Crippen molar-refractivity contribution in [1.82, 2.24) is 4.98 Å². The van der Waals surface area contributed by atoms with Crippen molar-refractivity contribution in [2.75, 3.05) is 22.6 Å². The number of nitrogens with zero attached hydrogens (tertiary/aromatic N) is 1. The van der Waals surface area contributed by atoms with Crippen LogP contribution in [0.3, 0.4) is 0 Å². The number of carbonyl (C=O) groups excluding carboxylic acids is 1. The summed E-state index contributed by atoms with van der Waals surface area (Å²) in [6, 6.07) is 13.9. The first kappa shape index (κ1) is 14.5. The number of carbonyl (C=O) groups is 1. The molecular formula is C16H16N2OS2. The highest BCUT2D eigenvalue weighted by atomic mass is 32.2. The normalized spacial score (nSPS) is 18.2. The predicted octanol–water partition coefficient (Wildman–Crippen LogP) is 3.54. The fraction of sp³-hybridized carbons (Fsp3) is 0.250. The van der Waals surface area contributed by atoms with Crippen LogP contribution in [0.15, 0.2) is 48.7 Å². The third kappa shape index (κ3) is 3.60. The van der Waals surface area contributed by atoms with Gasteiger partial charge in [-0.1, -0.05) is 30.3 Å². The van der Waals surface area contributed by atoms with Gasteiger partial charge in [0.1, 0.15) is 5.82 Å². The summed E-state index contributed by atoms with van der Waals surface area (Å²) in [5.41, 5.74) is 2.02. The van der Waals surface area contributed by atoms with Gasteiger partial charge in [-0.25, -0.2) is 4.98 Å². The standard InChI is InChI=1S/C16H16N2OS2/c19-16(14-11-20-9-10-21-14)18-15-13(7-4-8-17-15)12-5-2-1-3-6-12/h1-8,14H,9-11H2,(H,17,18,19)/t14-/m1/s1. The Labute approximate surface area is 132 Å². The van der Waals surface area contributed by atoms with Crippen LogP contribution in [0.1, 0.15) is 0 Å². The molecule has 0 bridgehead atoms. The van der Waals surface area contributed by atoms with Crippen molar-refractivity contribution in [2.45, 2.75) is 5.25 Å². The molecule has 3 rings (SSSR count). The SMILES string of the molecule is O=C(Nc1ncccc1-c1ccccc1)[C@H]1CSCCS1. The number of amides is 1.